The first-order valence-corrected chi connectivity index (χ1v) is 14.6. The van der Waals surface area contributed by atoms with Gasteiger partial charge in [-0.05, 0) is 63.6 Å². The smallest absolute Gasteiger partial charge is 0.410 e. The fourth-order valence-corrected chi connectivity index (χ4v) is 5.95. The zero-order valence-corrected chi connectivity index (χ0v) is 24.9. The summed E-state index contributed by atoms with van der Waals surface area (Å²) in [6.07, 6.45) is 1.59. The highest BCUT2D eigenvalue weighted by Gasteiger charge is 2.49. The Hall–Kier alpha value is -3.92. The van der Waals surface area contributed by atoms with Crippen LogP contribution in [-0.4, -0.2) is 65.0 Å². The van der Waals surface area contributed by atoms with Crippen molar-refractivity contribution in [3.8, 4) is 0 Å². The van der Waals surface area contributed by atoms with Crippen molar-refractivity contribution >= 4 is 23.8 Å². The Morgan fingerprint density at radius 1 is 0.976 bits per heavy atom. The standard InChI is InChI=1S/C32H40N4O6/c1-19(35(5)31(40)42-32(2,3)4)27(37)34-25-17-18-41-30-23-15-9-8-14-22(23)26(36(30)29(25)39)28(38)33-24-16-10-12-20-11-6-7-13-21(20)24/h6-9,11,13-15,19,24-26,30H,10,12,16-18H2,1-5H3,(H,33,38)(H,34,37)/t19-,24+,25-,26?,30-/m0/s1. The van der Waals surface area contributed by atoms with Crippen LogP contribution in [0.2, 0.25) is 0 Å². The molecule has 10 nitrogen and oxygen atoms in total. The third-order valence-electron chi connectivity index (χ3n) is 8.21. The van der Waals surface area contributed by atoms with Gasteiger partial charge in [-0.1, -0.05) is 48.5 Å². The predicted molar refractivity (Wildman–Crippen MR) is 155 cm³/mol. The van der Waals surface area contributed by atoms with Crippen LogP contribution in [0.25, 0.3) is 0 Å². The van der Waals surface area contributed by atoms with Gasteiger partial charge in [-0.15, -0.1) is 0 Å². The highest BCUT2D eigenvalue weighted by atomic mass is 16.6. The number of benzene rings is 2. The second kappa shape index (κ2) is 11.8. The molecule has 0 saturated carbocycles. The number of carbonyl (C=O) groups is 4. The number of hydrogen-bond acceptors (Lipinski definition) is 6. The van der Waals surface area contributed by atoms with E-state index in [1.165, 1.54) is 22.4 Å². The van der Waals surface area contributed by atoms with E-state index in [4.69, 9.17) is 9.47 Å². The van der Waals surface area contributed by atoms with Crippen molar-refractivity contribution in [2.24, 2.45) is 0 Å². The van der Waals surface area contributed by atoms with Gasteiger partial charge in [0.2, 0.25) is 17.7 Å². The monoisotopic (exact) mass is 576 g/mol. The molecule has 42 heavy (non-hydrogen) atoms. The molecule has 0 radical (unpaired) electrons. The van der Waals surface area contributed by atoms with Crippen LogP contribution in [0.1, 0.15) is 87.5 Å². The molecule has 2 heterocycles. The van der Waals surface area contributed by atoms with Crippen molar-refractivity contribution in [3.05, 3.63) is 70.8 Å². The van der Waals surface area contributed by atoms with E-state index in [9.17, 15) is 19.2 Å². The van der Waals surface area contributed by atoms with E-state index in [2.05, 4.69) is 16.7 Å². The molecule has 2 N–H and O–H groups in total. The Morgan fingerprint density at radius 2 is 1.64 bits per heavy atom. The second-order valence-electron chi connectivity index (χ2n) is 12.3. The van der Waals surface area contributed by atoms with Gasteiger partial charge < -0.3 is 20.1 Å². The highest BCUT2D eigenvalue weighted by Crippen LogP contribution is 2.45. The molecule has 2 aromatic carbocycles. The lowest BCUT2D eigenvalue weighted by atomic mass is 9.87. The maximum atomic E-state index is 14.1. The summed E-state index contributed by atoms with van der Waals surface area (Å²) in [5.41, 5.74) is 3.08. The Labute approximate surface area is 246 Å². The Bertz CT molecular complexity index is 1370. The normalized spacial score (nSPS) is 23.9. The van der Waals surface area contributed by atoms with Gasteiger partial charge >= 0.3 is 6.09 Å². The first-order valence-electron chi connectivity index (χ1n) is 14.6. The van der Waals surface area contributed by atoms with Gasteiger partial charge in [0.1, 0.15) is 23.7 Å². The van der Waals surface area contributed by atoms with Crippen LogP contribution >= 0.6 is 0 Å². The molecule has 5 atom stereocenters. The summed E-state index contributed by atoms with van der Waals surface area (Å²) in [4.78, 5) is 56.5. The molecule has 224 valence electrons. The average molecular weight is 577 g/mol. The third kappa shape index (κ3) is 5.86. The lowest BCUT2D eigenvalue weighted by Crippen LogP contribution is -2.54. The van der Waals surface area contributed by atoms with Gasteiger partial charge in [-0.3, -0.25) is 24.2 Å². The zero-order chi connectivity index (χ0) is 30.2. The van der Waals surface area contributed by atoms with Gasteiger partial charge in [0.25, 0.3) is 0 Å². The molecule has 10 heteroatoms. The van der Waals surface area contributed by atoms with Gasteiger partial charge in [-0.25, -0.2) is 4.79 Å². The maximum absolute atomic E-state index is 14.1. The van der Waals surface area contributed by atoms with Crippen LogP contribution < -0.4 is 10.6 Å². The van der Waals surface area contributed by atoms with Crippen molar-refractivity contribution in [1.29, 1.82) is 0 Å². The van der Waals surface area contributed by atoms with Crippen molar-refractivity contribution in [2.75, 3.05) is 13.7 Å². The minimum absolute atomic E-state index is 0.156. The van der Waals surface area contributed by atoms with Crippen molar-refractivity contribution < 1.29 is 28.7 Å². The van der Waals surface area contributed by atoms with Gasteiger partial charge in [-0.2, -0.15) is 0 Å². The van der Waals surface area contributed by atoms with E-state index in [1.54, 1.807) is 27.7 Å². The fraction of sp³-hybridized carbons (Fsp3) is 0.500. The molecule has 2 aliphatic heterocycles. The van der Waals surface area contributed by atoms with Crippen molar-refractivity contribution in [2.45, 2.75) is 89.4 Å². The largest absolute Gasteiger partial charge is 0.444 e. The molecular weight excluding hydrogens is 536 g/mol. The van der Waals surface area contributed by atoms with Crippen LogP contribution in [0.15, 0.2) is 48.5 Å². The second-order valence-corrected chi connectivity index (χ2v) is 12.3. The summed E-state index contributed by atoms with van der Waals surface area (Å²) in [6, 6.07) is 12.7. The number of carbonyl (C=O) groups excluding carboxylic acids is 4. The lowest BCUT2D eigenvalue weighted by Gasteiger charge is -2.33. The quantitative estimate of drug-likeness (QED) is 0.557. The predicted octanol–water partition coefficient (Wildman–Crippen LogP) is 3.92. The number of rotatable bonds is 5. The summed E-state index contributed by atoms with van der Waals surface area (Å²) in [6.45, 7) is 7.02. The molecule has 1 fully saturated rings. The van der Waals surface area contributed by atoms with E-state index in [0.717, 1.165) is 30.4 Å². The number of aryl methyl sites for hydroxylation is 1. The average Bonchev–Trinajstić information content (AvgIpc) is 3.20. The van der Waals surface area contributed by atoms with E-state index in [1.807, 2.05) is 42.5 Å². The molecular formula is C32H40N4O6. The Kier molecular flexibility index (Phi) is 8.28. The Morgan fingerprint density at radius 3 is 2.36 bits per heavy atom. The van der Waals surface area contributed by atoms with Crippen LogP contribution in [0.3, 0.4) is 0 Å². The summed E-state index contributed by atoms with van der Waals surface area (Å²) < 4.78 is 11.5. The number of nitrogens with one attached hydrogen (secondary N) is 2. The summed E-state index contributed by atoms with van der Waals surface area (Å²) in [5, 5.41) is 6.03. The number of fused-ring (bicyclic) bond motifs is 4. The van der Waals surface area contributed by atoms with Gasteiger partial charge in [0, 0.05) is 19.0 Å². The first-order chi connectivity index (χ1) is 20.0. The number of likely N-dealkylation sites (N-methyl/N-ethyl adjacent to an activating group) is 1. The van der Waals surface area contributed by atoms with E-state index < -0.39 is 47.9 Å². The summed E-state index contributed by atoms with van der Waals surface area (Å²) in [7, 11) is 1.48. The maximum Gasteiger partial charge on any atom is 0.410 e. The molecule has 2 aromatic rings. The molecule has 0 aromatic heterocycles. The number of ether oxygens (including phenoxy) is 2. The Balaban J connectivity index is 1.36. The minimum atomic E-state index is -0.933. The van der Waals surface area contributed by atoms with Crippen LogP contribution in [0.4, 0.5) is 4.79 Å². The number of amides is 4. The molecule has 1 saturated heterocycles. The van der Waals surface area contributed by atoms with Crippen LogP contribution in [0.5, 0.6) is 0 Å². The molecule has 0 spiro atoms. The molecule has 3 aliphatic rings. The van der Waals surface area contributed by atoms with Gasteiger partial charge in [0.05, 0.1) is 12.6 Å². The minimum Gasteiger partial charge on any atom is -0.444 e. The molecule has 5 rings (SSSR count). The molecule has 1 unspecified atom stereocenters. The zero-order valence-electron chi connectivity index (χ0n) is 24.9. The summed E-state index contributed by atoms with van der Waals surface area (Å²) >= 11 is 0. The van der Waals surface area contributed by atoms with Crippen molar-refractivity contribution in [3.63, 3.8) is 0 Å². The van der Waals surface area contributed by atoms with Gasteiger partial charge in [0.15, 0.2) is 6.23 Å². The van der Waals surface area contributed by atoms with Crippen LogP contribution in [0, 0.1) is 0 Å². The number of nitrogens with zero attached hydrogens (tertiary/aromatic N) is 2. The SMILES string of the molecule is C[C@@H](C(=O)N[C@H]1CCO[C@H]2c3ccccc3C(C(=O)N[C@@H]3CCCc4ccccc43)N2C1=O)N(C)C(=O)OC(C)(C)C. The fourth-order valence-electron chi connectivity index (χ4n) is 5.95. The van der Waals surface area contributed by atoms with E-state index >= 15 is 0 Å². The molecule has 0 bridgehead atoms. The third-order valence-corrected chi connectivity index (χ3v) is 8.21. The molecule has 4 amide bonds. The molecule has 1 aliphatic carbocycles. The lowest BCUT2D eigenvalue weighted by molar-refractivity contribution is -0.153. The highest BCUT2D eigenvalue weighted by molar-refractivity contribution is 5.95. The van der Waals surface area contributed by atoms with Crippen LogP contribution in [-0.2, 0) is 30.3 Å². The van der Waals surface area contributed by atoms with E-state index in [-0.39, 0.29) is 25.0 Å². The van der Waals surface area contributed by atoms with Crippen molar-refractivity contribution in [1.82, 2.24) is 20.4 Å². The first kappa shape index (κ1) is 29.6. The number of hydrogen-bond donors (Lipinski definition) is 2. The van der Waals surface area contributed by atoms with E-state index in [0.29, 0.717) is 5.56 Å². The summed E-state index contributed by atoms with van der Waals surface area (Å²) in [5.74, 6) is -1.19. The topological polar surface area (TPSA) is 117 Å².